The summed E-state index contributed by atoms with van der Waals surface area (Å²) in [5, 5.41) is 1.84. The number of benzene rings is 3. The van der Waals surface area contributed by atoms with Gasteiger partial charge in [-0.1, -0.05) is 54.1 Å². The van der Waals surface area contributed by atoms with Crippen molar-refractivity contribution in [3.8, 4) is 0 Å². The van der Waals surface area contributed by atoms with Crippen LogP contribution in [0.5, 0.6) is 0 Å². The number of fused-ring (bicyclic) bond motifs is 1. The van der Waals surface area contributed by atoms with E-state index in [4.69, 9.17) is 17.3 Å². The molecule has 0 bridgehead atoms. The molecule has 4 nitrogen and oxygen atoms in total. The van der Waals surface area contributed by atoms with Crippen molar-refractivity contribution in [2.45, 2.75) is 11.4 Å². The largest absolute Gasteiger partial charge is 0.398 e. The molecular weight excluding hydrogens is 367 g/mol. The fourth-order valence-electron chi connectivity index (χ4n) is 2.43. The first-order chi connectivity index (χ1) is 11.0. The topological polar surface area (TPSA) is 72.2 Å². The monoisotopic (exact) mass is 382 g/mol. The molecule has 0 aliphatic heterocycles. The Hall–Kier alpha value is -1.79. The quantitative estimate of drug-likeness (QED) is 0.670. The maximum absolute atomic E-state index is 12.6. The molecule has 3 rings (SSSR count). The summed E-state index contributed by atoms with van der Waals surface area (Å²) < 4.78 is 27.9. The molecule has 0 spiro atoms. The zero-order chi connectivity index (χ0) is 16.4. The van der Waals surface area contributed by atoms with Gasteiger partial charge in [-0.2, -0.15) is 0 Å². The molecule has 0 radical (unpaired) electrons. The highest BCUT2D eigenvalue weighted by Crippen LogP contribution is 2.27. The van der Waals surface area contributed by atoms with E-state index in [0.29, 0.717) is 21.5 Å². The molecule has 0 unspecified atom stereocenters. The Morgan fingerprint density at radius 3 is 2.33 bits per heavy atom. The number of rotatable bonds is 4. The first kappa shape index (κ1) is 18.5. The van der Waals surface area contributed by atoms with Crippen LogP contribution in [0.15, 0.2) is 65.6 Å². The summed E-state index contributed by atoms with van der Waals surface area (Å²) in [6.45, 7) is 0.126. The van der Waals surface area contributed by atoms with Crippen LogP contribution in [0.4, 0.5) is 5.69 Å². The first-order valence-corrected chi connectivity index (χ1v) is 8.85. The predicted molar refractivity (Wildman–Crippen MR) is 101 cm³/mol. The molecule has 0 aliphatic carbocycles. The van der Waals surface area contributed by atoms with Gasteiger partial charge in [-0.25, -0.2) is 13.1 Å². The lowest BCUT2D eigenvalue weighted by Gasteiger charge is -2.11. The normalized spacial score (nSPS) is 11.2. The number of halogens is 2. The van der Waals surface area contributed by atoms with E-state index in [1.54, 1.807) is 54.6 Å². The molecule has 3 N–H and O–H groups in total. The highest BCUT2D eigenvalue weighted by atomic mass is 35.5. The molecule has 3 aromatic carbocycles. The van der Waals surface area contributed by atoms with Gasteiger partial charge in [0.15, 0.2) is 0 Å². The standard InChI is InChI=1S/C17H15ClN2O2S.ClH/c18-15-8-2-1-5-12(15)11-20-23(21,22)17-10-4-6-13-14(17)7-3-9-16(13)19;/h1-10,20H,11,19H2;1H. The van der Waals surface area contributed by atoms with Gasteiger partial charge in [0.1, 0.15) is 0 Å². The number of nitrogens with one attached hydrogen (secondary N) is 1. The molecule has 0 aromatic heterocycles. The molecule has 0 saturated heterocycles. The number of hydrogen-bond acceptors (Lipinski definition) is 3. The van der Waals surface area contributed by atoms with Crippen LogP contribution in [-0.4, -0.2) is 8.42 Å². The lowest BCUT2D eigenvalue weighted by molar-refractivity contribution is 0.582. The Bertz CT molecular complexity index is 975. The Kier molecular flexibility index (Phi) is 5.72. The van der Waals surface area contributed by atoms with Crippen LogP contribution in [0.3, 0.4) is 0 Å². The second-order valence-electron chi connectivity index (χ2n) is 5.11. The third-order valence-corrected chi connectivity index (χ3v) is 5.44. The van der Waals surface area contributed by atoms with Gasteiger partial charge in [-0.3, -0.25) is 0 Å². The fourth-order valence-corrected chi connectivity index (χ4v) is 3.86. The van der Waals surface area contributed by atoms with E-state index < -0.39 is 10.0 Å². The summed E-state index contributed by atoms with van der Waals surface area (Å²) in [5.74, 6) is 0. The van der Waals surface area contributed by atoms with E-state index in [1.807, 2.05) is 6.07 Å². The minimum absolute atomic E-state index is 0. The minimum Gasteiger partial charge on any atom is -0.398 e. The minimum atomic E-state index is -3.68. The van der Waals surface area contributed by atoms with E-state index in [9.17, 15) is 8.42 Å². The molecule has 24 heavy (non-hydrogen) atoms. The summed E-state index contributed by atoms with van der Waals surface area (Å²) >= 11 is 6.06. The average molecular weight is 383 g/mol. The number of anilines is 1. The van der Waals surface area contributed by atoms with Crippen molar-refractivity contribution in [1.82, 2.24) is 4.72 Å². The third kappa shape index (κ3) is 3.65. The number of hydrogen-bond donors (Lipinski definition) is 2. The SMILES string of the molecule is Cl.Nc1cccc2c(S(=O)(=O)NCc3ccccc3Cl)cccc12. The van der Waals surface area contributed by atoms with Crippen molar-refractivity contribution in [3.05, 3.63) is 71.2 Å². The van der Waals surface area contributed by atoms with E-state index in [0.717, 1.165) is 5.56 Å². The van der Waals surface area contributed by atoms with E-state index in [1.165, 1.54) is 0 Å². The predicted octanol–water partition coefficient (Wildman–Crippen LogP) is 3.98. The van der Waals surface area contributed by atoms with Crippen molar-refractivity contribution in [2.24, 2.45) is 0 Å². The van der Waals surface area contributed by atoms with Crippen molar-refractivity contribution in [2.75, 3.05) is 5.73 Å². The second kappa shape index (κ2) is 7.40. The smallest absolute Gasteiger partial charge is 0.241 e. The molecule has 0 fully saturated rings. The third-order valence-electron chi connectivity index (χ3n) is 3.62. The fraction of sp³-hybridized carbons (Fsp3) is 0.0588. The molecule has 0 atom stereocenters. The summed E-state index contributed by atoms with van der Waals surface area (Å²) in [4.78, 5) is 0.203. The summed E-state index contributed by atoms with van der Waals surface area (Å²) in [6.07, 6.45) is 0. The van der Waals surface area contributed by atoms with Gasteiger partial charge < -0.3 is 5.73 Å². The first-order valence-electron chi connectivity index (χ1n) is 6.99. The molecule has 126 valence electrons. The number of sulfonamides is 1. The van der Waals surface area contributed by atoms with E-state index in [-0.39, 0.29) is 23.8 Å². The van der Waals surface area contributed by atoms with Crippen molar-refractivity contribution in [1.29, 1.82) is 0 Å². The summed E-state index contributed by atoms with van der Waals surface area (Å²) in [6, 6.07) is 17.4. The summed E-state index contributed by atoms with van der Waals surface area (Å²) in [5.41, 5.74) is 7.19. The number of nitrogen functional groups attached to an aromatic ring is 1. The Morgan fingerprint density at radius 2 is 1.58 bits per heavy atom. The maximum Gasteiger partial charge on any atom is 0.241 e. The molecular formula is C17H16Cl2N2O2S. The van der Waals surface area contributed by atoms with Crippen LogP contribution in [0.1, 0.15) is 5.56 Å². The highest BCUT2D eigenvalue weighted by molar-refractivity contribution is 7.89. The van der Waals surface area contributed by atoms with Gasteiger partial charge in [0.2, 0.25) is 10.0 Å². The van der Waals surface area contributed by atoms with E-state index >= 15 is 0 Å². The molecule has 0 heterocycles. The van der Waals surface area contributed by atoms with Crippen LogP contribution in [-0.2, 0) is 16.6 Å². The highest BCUT2D eigenvalue weighted by Gasteiger charge is 2.17. The van der Waals surface area contributed by atoms with Crippen LogP contribution in [0.25, 0.3) is 10.8 Å². The van der Waals surface area contributed by atoms with Crippen molar-refractivity contribution >= 4 is 50.5 Å². The lowest BCUT2D eigenvalue weighted by atomic mass is 10.1. The molecule has 0 aliphatic rings. The van der Waals surface area contributed by atoms with Gasteiger partial charge >= 0.3 is 0 Å². The Balaban J connectivity index is 0.00000208. The van der Waals surface area contributed by atoms with Gasteiger partial charge in [0, 0.05) is 28.0 Å². The van der Waals surface area contributed by atoms with Crippen molar-refractivity contribution < 1.29 is 8.42 Å². The van der Waals surface area contributed by atoms with Gasteiger partial charge in [0.05, 0.1) is 4.90 Å². The molecule has 7 heteroatoms. The Labute approximate surface area is 152 Å². The van der Waals surface area contributed by atoms with Gasteiger partial charge in [-0.15, -0.1) is 12.4 Å². The zero-order valence-corrected chi connectivity index (χ0v) is 15.0. The molecule has 0 saturated carbocycles. The van der Waals surface area contributed by atoms with Gasteiger partial charge in [0.25, 0.3) is 0 Å². The van der Waals surface area contributed by atoms with Crippen LogP contribution in [0.2, 0.25) is 5.02 Å². The number of nitrogens with two attached hydrogens (primary N) is 1. The maximum atomic E-state index is 12.6. The zero-order valence-electron chi connectivity index (χ0n) is 12.6. The van der Waals surface area contributed by atoms with Crippen LogP contribution >= 0.6 is 24.0 Å². The van der Waals surface area contributed by atoms with E-state index in [2.05, 4.69) is 4.72 Å². The van der Waals surface area contributed by atoms with Crippen LogP contribution in [0, 0.1) is 0 Å². The van der Waals surface area contributed by atoms with Crippen LogP contribution < -0.4 is 10.5 Å². The lowest BCUT2D eigenvalue weighted by Crippen LogP contribution is -2.23. The molecule has 3 aromatic rings. The van der Waals surface area contributed by atoms with Gasteiger partial charge in [-0.05, 0) is 23.8 Å². The Morgan fingerprint density at radius 1 is 0.917 bits per heavy atom. The average Bonchev–Trinajstić information content (AvgIpc) is 2.54. The van der Waals surface area contributed by atoms with Crippen molar-refractivity contribution in [3.63, 3.8) is 0 Å². The second-order valence-corrected chi connectivity index (χ2v) is 7.26. The summed E-state index contributed by atoms with van der Waals surface area (Å²) in [7, 11) is -3.68. The molecule has 0 amide bonds.